The molecule has 1 atom stereocenters. The highest BCUT2D eigenvalue weighted by molar-refractivity contribution is 14.0. The number of guanidine groups is 1. The van der Waals surface area contributed by atoms with Crippen LogP contribution in [0.2, 0.25) is 0 Å². The molecule has 0 spiro atoms. The van der Waals surface area contributed by atoms with Crippen LogP contribution in [0.4, 0.5) is 0 Å². The Morgan fingerprint density at radius 1 is 1.29 bits per heavy atom. The van der Waals surface area contributed by atoms with Gasteiger partial charge in [0, 0.05) is 26.2 Å². The molecule has 1 unspecified atom stereocenters. The van der Waals surface area contributed by atoms with Crippen LogP contribution in [0, 0.1) is 0 Å². The summed E-state index contributed by atoms with van der Waals surface area (Å²) in [5.41, 5.74) is 2.28. The molecule has 1 heterocycles. The highest BCUT2D eigenvalue weighted by Gasteiger charge is 2.28. The number of halogens is 1. The fourth-order valence-electron chi connectivity index (χ4n) is 2.46. The molecule has 1 aliphatic heterocycles. The Kier molecular flexibility index (Phi) is 8.99. The summed E-state index contributed by atoms with van der Waals surface area (Å²) in [6.07, 6.45) is 0.634. The molecule has 136 valence electrons. The molecule has 0 saturated carbocycles. The first-order chi connectivity index (χ1) is 11.0. The minimum absolute atomic E-state index is 0. The van der Waals surface area contributed by atoms with E-state index in [-0.39, 0.29) is 41.5 Å². The van der Waals surface area contributed by atoms with E-state index in [0.717, 1.165) is 11.1 Å². The summed E-state index contributed by atoms with van der Waals surface area (Å²) < 4.78 is 28.3. The van der Waals surface area contributed by atoms with E-state index in [1.54, 1.807) is 7.05 Å². The zero-order valence-electron chi connectivity index (χ0n) is 14.1. The van der Waals surface area contributed by atoms with Gasteiger partial charge < -0.3 is 15.4 Å². The minimum Gasteiger partial charge on any atom is -0.377 e. The summed E-state index contributed by atoms with van der Waals surface area (Å²) in [5.74, 6) is 1.06. The van der Waals surface area contributed by atoms with Crippen molar-refractivity contribution in [2.24, 2.45) is 4.99 Å². The maximum absolute atomic E-state index is 11.5. The number of aliphatic imine (C=N–C) groups is 1. The molecule has 1 aromatic carbocycles. The predicted octanol–water partition coefficient (Wildman–Crippen LogP) is 1.69. The number of sulfone groups is 1. The molecule has 2 N–H and O–H groups in total. The van der Waals surface area contributed by atoms with Crippen molar-refractivity contribution in [3.63, 3.8) is 0 Å². The topological polar surface area (TPSA) is 79.8 Å². The van der Waals surface area contributed by atoms with Crippen LogP contribution in [-0.4, -0.2) is 45.6 Å². The standard InChI is InChI=1S/C16H25N3O3S.HI/c1-3-22-11-14-6-4-13(5-7-14)10-18-16(17-2)19-15-8-9-23(20,21)12-15;/h4-7,15H,3,8-12H2,1-2H3,(H2,17,18,19);1H. The molecule has 1 aliphatic rings. The van der Waals surface area contributed by atoms with E-state index < -0.39 is 9.84 Å². The van der Waals surface area contributed by atoms with E-state index in [1.807, 2.05) is 19.1 Å². The lowest BCUT2D eigenvalue weighted by Crippen LogP contribution is -2.43. The second kappa shape index (κ2) is 10.2. The van der Waals surface area contributed by atoms with Gasteiger partial charge in [-0.2, -0.15) is 0 Å². The third kappa shape index (κ3) is 6.94. The van der Waals surface area contributed by atoms with E-state index >= 15 is 0 Å². The average molecular weight is 467 g/mol. The summed E-state index contributed by atoms with van der Waals surface area (Å²) in [6, 6.07) is 8.14. The molecule has 8 heteroatoms. The Hall–Kier alpha value is -0.870. The number of rotatable bonds is 6. The minimum atomic E-state index is -2.89. The van der Waals surface area contributed by atoms with E-state index in [2.05, 4.69) is 27.8 Å². The van der Waals surface area contributed by atoms with E-state index in [9.17, 15) is 8.42 Å². The second-order valence-electron chi connectivity index (χ2n) is 5.62. The van der Waals surface area contributed by atoms with Gasteiger partial charge in [-0.3, -0.25) is 4.99 Å². The SMILES string of the molecule is CCOCc1ccc(CNC(=NC)NC2CCS(=O)(=O)C2)cc1.I. The van der Waals surface area contributed by atoms with Gasteiger partial charge in [0.2, 0.25) is 0 Å². The number of hydrogen-bond donors (Lipinski definition) is 2. The first-order valence-electron chi connectivity index (χ1n) is 7.85. The van der Waals surface area contributed by atoms with Crippen LogP contribution in [0.15, 0.2) is 29.3 Å². The quantitative estimate of drug-likeness (QED) is 0.378. The largest absolute Gasteiger partial charge is 0.377 e. The van der Waals surface area contributed by atoms with Crippen LogP contribution in [0.1, 0.15) is 24.5 Å². The lowest BCUT2D eigenvalue weighted by Gasteiger charge is -2.16. The van der Waals surface area contributed by atoms with Crippen molar-refractivity contribution in [1.29, 1.82) is 0 Å². The normalized spacial score (nSPS) is 19.6. The Bertz CT molecular complexity index is 632. The molecule has 1 saturated heterocycles. The van der Waals surface area contributed by atoms with Gasteiger partial charge in [0.05, 0.1) is 18.1 Å². The molecule has 1 aromatic rings. The van der Waals surface area contributed by atoms with Gasteiger partial charge in [-0.15, -0.1) is 24.0 Å². The van der Waals surface area contributed by atoms with E-state index in [1.165, 1.54) is 0 Å². The van der Waals surface area contributed by atoms with Gasteiger partial charge in [-0.25, -0.2) is 8.42 Å². The highest BCUT2D eigenvalue weighted by Crippen LogP contribution is 2.11. The van der Waals surface area contributed by atoms with Crippen LogP contribution < -0.4 is 10.6 Å². The highest BCUT2D eigenvalue weighted by atomic mass is 127. The van der Waals surface area contributed by atoms with Gasteiger partial charge in [0.25, 0.3) is 0 Å². The molecule has 1 fully saturated rings. The molecule has 0 bridgehead atoms. The van der Waals surface area contributed by atoms with E-state index in [0.29, 0.717) is 32.1 Å². The summed E-state index contributed by atoms with van der Waals surface area (Å²) in [4.78, 5) is 4.15. The van der Waals surface area contributed by atoms with Crippen LogP contribution >= 0.6 is 24.0 Å². The Morgan fingerprint density at radius 2 is 1.96 bits per heavy atom. The molecule has 24 heavy (non-hydrogen) atoms. The molecular weight excluding hydrogens is 441 g/mol. The van der Waals surface area contributed by atoms with Gasteiger partial charge in [0.1, 0.15) is 0 Å². The van der Waals surface area contributed by atoms with Crippen LogP contribution in [0.25, 0.3) is 0 Å². The zero-order valence-corrected chi connectivity index (χ0v) is 17.3. The molecule has 0 aromatic heterocycles. The molecule has 6 nitrogen and oxygen atoms in total. The molecule has 0 aliphatic carbocycles. The molecule has 0 radical (unpaired) electrons. The predicted molar refractivity (Wildman–Crippen MR) is 108 cm³/mol. The van der Waals surface area contributed by atoms with Gasteiger partial charge in [-0.1, -0.05) is 24.3 Å². The first kappa shape index (κ1) is 21.2. The Balaban J connectivity index is 0.00000288. The van der Waals surface area contributed by atoms with Crippen LogP contribution in [-0.2, 0) is 27.7 Å². The lowest BCUT2D eigenvalue weighted by atomic mass is 10.1. The third-order valence-electron chi connectivity index (χ3n) is 3.75. The monoisotopic (exact) mass is 467 g/mol. The van der Waals surface area contributed by atoms with Crippen molar-refractivity contribution in [2.45, 2.75) is 32.5 Å². The van der Waals surface area contributed by atoms with E-state index in [4.69, 9.17) is 4.74 Å². The van der Waals surface area contributed by atoms with Crippen molar-refractivity contribution < 1.29 is 13.2 Å². The van der Waals surface area contributed by atoms with Gasteiger partial charge >= 0.3 is 0 Å². The maximum Gasteiger partial charge on any atom is 0.191 e. The van der Waals surface area contributed by atoms with Crippen LogP contribution in [0.5, 0.6) is 0 Å². The smallest absolute Gasteiger partial charge is 0.191 e. The molecule has 2 rings (SSSR count). The number of hydrogen-bond acceptors (Lipinski definition) is 4. The van der Waals surface area contributed by atoms with Crippen molar-refractivity contribution in [3.8, 4) is 0 Å². The Labute approximate surface area is 161 Å². The van der Waals surface area contributed by atoms with Crippen molar-refractivity contribution in [2.75, 3.05) is 25.2 Å². The van der Waals surface area contributed by atoms with Crippen molar-refractivity contribution >= 4 is 39.8 Å². The summed E-state index contributed by atoms with van der Waals surface area (Å²) in [5, 5.41) is 6.39. The number of benzene rings is 1. The van der Waals surface area contributed by atoms with Gasteiger partial charge in [-0.05, 0) is 24.5 Å². The van der Waals surface area contributed by atoms with Crippen molar-refractivity contribution in [1.82, 2.24) is 10.6 Å². The maximum atomic E-state index is 11.5. The fourth-order valence-corrected chi connectivity index (χ4v) is 4.13. The van der Waals surface area contributed by atoms with Gasteiger partial charge in [0.15, 0.2) is 15.8 Å². The number of nitrogens with zero attached hydrogens (tertiary/aromatic N) is 1. The number of ether oxygens (including phenoxy) is 1. The fraction of sp³-hybridized carbons (Fsp3) is 0.562. The lowest BCUT2D eigenvalue weighted by molar-refractivity contribution is 0.134. The summed E-state index contributed by atoms with van der Waals surface area (Å²) in [6.45, 7) is 3.95. The average Bonchev–Trinajstić information content (AvgIpc) is 2.89. The first-order valence-corrected chi connectivity index (χ1v) is 9.67. The van der Waals surface area contributed by atoms with Crippen molar-refractivity contribution in [3.05, 3.63) is 35.4 Å². The third-order valence-corrected chi connectivity index (χ3v) is 5.52. The summed E-state index contributed by atoms with van der Waals surface area (Å²) >= 11 is 0. The molecular formula is C16H26IN3O3S. The van der Waals surface area contributed by atoms with Crippen LogP contribution in [0.3, 0.4) is 0 Å². The zero-order chi connectivity index (χ0) is 16.7. The Morgan fingerprint density at radius 3 is 2.50 bits per heavy atom. The second-order valence-corrected chi connectivity index (χ2v) is 7.85. The number of nitrogens with one attached hydrogen (secondary N) is 2. The summed E-state index contributed by atoms with van der Waals surface area (Å²) in [7, 11) is -1.20. The molecule has 0 amide bonds.